The summed E-state index contributed by atoms with van der Waals surface area (Å²) >= 11 is 7.04. The Morgan fingerprint density at radius 1 is 1.21 bits per heavy atom. The van der Waals surface area contributed by atoms with Gasteiger partial charge in [0.15, 0.2) is 5.75 Å². The first-order chi connectivity index (χ1) is 13.8. The molecule has 2 aromatic carbocycles. The molecule has 2 atom stereocenters. The molecule has 1 amide bonds. The summed E-state index contributed by atoms with van der Waals surface area (Å²) in [6.07, 6.45) is 0.972. The molecule has 2 N–H and O–H groups in total. The van der Waals surface area contributed by atoms with Crippen LogP contribution in [-0.4, -0.2) is 36.3 Å². The van der Waals surface area contributed by atoms with Crippen molar-refractivity contribution >= 4 is 52.3 Å². The van der Waals surface area contributed by atoms with Crippen LogP contribution in [-0.2, 0) is 15.7 Å². The molecule has 0 aliphatic rings. The van der Waals surface area contributed by atoms with Gasteiger partial charge in [0.25, 0.3) is 5.91 Å². The SMILES string of the molecule is CCOC(=O)[C@H](C)NC(=O)c1cc(Oc2c(Br)cc(CPC)cc2Br)ccc1O. The molecule has 0 aliphatic heterocycles. The van der Waals surface area contributed by atoms with Crippen molar-refractivity contribution in [1.29, 1.82) is 0 Å². The third-order valence-corrected chi connectivity index (χ3v) is 5.80. The lowest BCUT2D eigenvalue weighted by molar-refractivity contribution is -0.144. The van der Waals surface area contributed by atoms with Crippen molar-refractivity contribution in [3.05, 3.63) is 50.4 Å². The van der Waals surface area contributed by atoms with E-state index in [1.165, 1.54) is 24.6 Å². The summed E-state index contributed by atoms with van der Waals surface area (Å²) in [4.78, 5) is 24.2. The molecule has 0 aromatic heterocycles. The zero-order valence-electron chi connectivity index (χ0n) is 16.2. The molecule has 0 heterocycles. The van der Waals surface area contributed by atoms with Gasteiger partial charge >= 0.3 is 5.97 Å². The Hall–Kier alpha value is -1.63. The van der Waals surface area contributed by atoms with Crippen molar-refractivity contribution in [2.75, 3.05) is 13.3 Å². The van der Waals surface area contributed by atoms with E-state index in [0.717, 1.165) is 23.7 Å². The number of nitrogens with one attached hydrogen (secondary N) is 1. The number of benzene rings is 2. The third kappa shape index (κ3) is 6.43. The van der Waals surface area contributed by atoms with Gasteiger partial charge in [-0.3, -0.25) is 4.79 Å². The normalized spacial score (nSPS) is 12.0. The van der Waals surface area contributed by atoms with Gasteiger partial charge in [-0.2, -0.15) is 0 Å². The summed E-state index contributed by atoms with van der Waals surface area (Å²) in [6, 6.07) is 7.48. The Morgan fingerprint density at radius 2 is 1.86 bits per heavy atom. The number of ether oxygens (including phenoxy) is 2. The highest BCUT2D eigenvalue weighted by Crippen LogP contribution is 2.39. The lowest BCUT2D eigenvalue weighted by Crippen LogP contribution is -2.39. The van der Waals surface area contributed by atoms with Crippen molar-refractivity contribution in [1.82, 2.24) is 5.32 Å². The molecule has 2 rings (SSSR count). The molecule has 0 radical (unpaired) electrons. The van der Waals surface area contributed by atoms with Crippen LogP contribution in [0.3, 0.4) is 0 Å². The predicted molar refractivity (Wildman–Crippen MR) is 122 cm³/mol. The minimum absolute atomic E-state index is 0.00491. The maximum Gasteiger partial charge on any atom is 0.328 e. The molecule has 0 saturated carbocycles. The van der Waals surface area contributed by atoms with Gasteiger partial charge in [-0.05, 0) is 94.4 Å². The monoisotopic (exact) mass is 545 g/mol. The molecule has 29 heavy (non-hydrogen) atoms. The summed E-state index contributed by atoms with van der Waals surface area (Å²) in [5.74, 6) is -0.448. The van der Waals surface area contributed by atoms with Crippen LogP contribution in [0.2, 0.25) is 0 Å². The second-order valence-electron chi connectivity index (χ2n) is 6.15. The Labute approximate surface area is 188 Å². The summed E-state index contributed by atoms with van der Waals surface area (Å²) in [6.45, 7) is 5.55. The minimum Gasteiger partial charge on any atom is -0.507 e. The van der Waals surface area contributed by atoms with E-state index < -0.39 is 17.9 Å². The van der Waals surface area contributed by atoms with Crippen molar-refractivity contribution in [2.24, 2.45) is 0 Å². The number of halogens is 2. The first-order valence-corrected chi connectivity index (χ1v) is 12.2. The average Bonchev–Trinajstić information content (AvgIpc) is 2.66. The lowest BCUT2D eigenvalue weighted by atomic mass is 10.1. The van der Waals surface area contributed by atoms with Crippen LogP contribution in [0.25, 0.3) is 0 Å². The van der Waals surface area contributed by atoms with Crippen molar-refractivity contribution < 1.29 is 24.2 Å². The highest BCUT2D eigenvalue weighted by atomic mass is 79.9. The number of rotatable bonds is 8. The van der Waals surface area contributed by atoms with Gasteiger partial charge in [-0.15, -0.1) is 8.58 Å². The van der Waals surface area contributed by atoms with Gasteiger partial charge in [-0.1, -0.05) is 0 Å². The maximum atomic E-state index is 12.5. The van der Waals surface area contributed by atoms with Crippen LogP contribution in [0.5, 0.6) is 17.2 Å². The fourth-order valence-electron chi connectivity index (χ4n) is 2.50. The van der Waals surface area contributed by atoms with E-state index in [4.69, 9.17) is 9.47 Å². The number of hydrogen-bond donors (Lipinski definition) is 2. The lowest BCUT2D eigenvalue weighted by Gasteiger charge is -2.15. The van der Waals surface area contributed by atoms with Crippen LogP contribution in [0.1, 0.15) is 29.8 Å². The molecule has 9 heteroatoms. The fraction of sp³-hybridized carbons (Fsp3) is 0.300. The van der Waals surface area contributed by atoms with E-state index in [-0.39, 0.29) is 17.9 Å². The molecular formula is C20H22Br2NO5P. The molecule has 2 aromatic rings. The van der Waals surface area contributed by atoms with E-state index in [1.807, 2.05) is 12.1 Å². The van der Waals surface area contributed by atoms with Crippen molar-refractivity contribution in [3.63, 3.8) is 0 Å². The van der Waals surface area contributed by atoms with Crippen molar-refractivity contribution in [2.45, 2.75) is 26.1 Å². The van der Waals surface area contributed by atoms with Gasteiger partial charge < -0.3 is 19.9 Å². The van der Waals surface area contributed by atoms with E-state index in [0.29, 0.717) is 11.5 Å². The fourth-order valence-corrected chi connectivity index (χ4v) is 4.55. The van der Waals surface area contributed by atoms with Crippen LogP contribution in [0, 0.1) is 0 Å². The smallest absolute Gasteiger partial charge is 0.328 e. The molecule has 0 fully saturated rings. The number of phenolic OH excluding ortho intramolecular Hbond substituents is 1. The van der Waals surface area contributed by atoms with Gasteiger partial charge in [0, 0.05) is 0 Å². The summed E-state index contributed by atoms with van der Waals surface area (Å²) in [7, 11) is 0.800. The Bertz CT molecular complexity index is 883. The standard InChI is InChI=1S/C20H22Br2NO5P/c1-4-27-20(26)11(2)23-19(25)14-9-13(5-6-17(14)24)28-18-15(21)7-12(10-29-3)8-16(18)22/h5-9,11,24,29H,4,10H2,1-3H3,(H,23,25)/t11-/m0/s1. The van der Waals surface area contributed by atoms with Crippen LogP contribution in [0.4, 0.5) is 0 Å². The molecule has 6 nitrogen and oxygen atoms in total. The Balaban J connectivity index is 2.23. The van der Waals surface area contributed by atoms with Crippen molar-refractivity contribution in [3.8, 4) is 17.2 Å². The molecule has 0 saturated heterocycles. The Kier molecular flexibility index (Phi) is 8.93. The zero-order chi connectivity index (χ0) is 21.6. The second-order valence-corrected chi connectivity index (χ2v) is 8.92. The molecule has 156 valence electrons. The molecular weight excluding hydrogens is 525 g/mol. The highest BCUT2D eigenvalue weighted by Gasteiger charge is 2.20. The predicted octanol–water partition coefficient (Wildman–Crippen LogP) is 5.20. The first kappa shape index (κ1) is 23.6. The van der Waals surface area contributed by atoms with Gasteiger partial charge in [0.2, 0.25) is 0 Å². The van der Waals surface area contributed by atoms with Crippen LogP contribution in [0.15, 0.2) is 39.3 Å². The number of aromatic hydroxyl groups is 1. The van der Waals surface area contributed by atoms with Gasteiger partial charge in [-0.25, -0.2) is 4.79 Å². The molecule has 0 spiro atoms. The van der Waals surface area contributed by atoms with E-state index >= 15 is 0 Å². The molecule has 0 aliphatic carbocycles. The van der Waals surface area contributed by atoms with E-state index in [9.17, 15) is 14.7 Å². The van der Waals surface area contributed by atoms with Gasteiger partial charge in [0.05, 0.1) is 21.1 Å². The number of carbonyl (C=O) groups is 2. The number of hydrogen-bond acceptors (Lipinski definition) is 5. The Morgan fingerprint density at radius 3 is 2.45 bits per heavy atom. The topological polar surface area (TPSA) is 84.9 Å². The quantitative estimate of drug-likeness (QED) is 0.351. The first-order valence-electron chi connectivity index (χ1n) is 8.87. The summed E-state index contributed by atoms with van der Waals surface area (Å²) < 4.78 is 12.4. The summed E-state index contributed by atoms with van der Waals surface area (Å²) in [5, 5.41) is 12.6. The third-order valence-electron chi connectivity index (χ3n) is 3.86. The zero-order valence-corrected chi connectivity index (χ0v) is 20.4. The molecule has 1 unspecified atom stereocenters. The van der Waals surface area contributed by atoms with E-state index in [1.54, 1.807) is 13.0 Å². The van der Waals surface area contributed by atoms with Crippen LogP contribution < -0.4 is 10.1 Å². The highest BCUT2D eigenvalue weighted by molar-refractivity contribution is 9.11. The number of phenols is 1. The van der Waals surface area contributed by atoms with E-state index in [2.05, 4.69) is 43.8 Å². The van der Waals surface area contributed by atoms with Gasteiger partial charge in [0.1, 0.15) is 17.5 Å². The largest absolute Gasteiger partial charge is 0.507 e. The average molecular weight is 547 g/mol. The number of esters is 1. The second kappa shape index (κ2) is 11.0. The number of amides is 1. The minimum atomic E-state index is -0.846. The number of carbonyl (C=O) groups excluding carboxylic acids is 2. The summed E-state index contributed by atoms with van der Waals surface area (Å²) in [5.41, 5.74) is 1.17. The van der Waals surface area contributed by atoms with Crippen LogP contribution >= 0.6 is 40.4 Å². The molecule has 0 bridgehead atoms. The maximum absolute atomic E-state index is 12.5.